The van der Waals surface area contributed by atoms with Gasteiger partial charge in [0.05, 0.1) is 5.52 Å². The number of hydrogen-bond acceptors (Lipinski definition) is 4. The third-order valence-electron chi connectivity index (χ3n) is 5.31. The van der Waals surface area contributed by atoms with Crippen LogP contribution in [-0.2, 0) is 6.42 Å². The Morgan fingerprint density at radius 1 is 1.21 bits per heavy atom. The van der Waals surface area contributed by atoms with Gasteiger partial charge in [0.15, 0.2) is 5.75 Å². The summed E-state index contributed by atoms with van der Waals surface area (Å²) in [4.78, 5) is 21.7. The second kappa shape index (κ2) is 8.32. The van der Waals surface area contributed by atoms with Crippen molar-refractivity contribution in [3.8, 4) is 5.75 Å². The minimum Gasteiger partial charge on any atom is -0.408 e. The summed E-state index contributed by atoms with van der Waals surface area (Å²) in [5.74, 6) is 1.75. The number of para-hydroxylation sites is 1. The molecule has 3 aromatic rings. The zero-order valence-electron chi connectivity index (χ0n) is 15.5. The van der Waals surface area contributed by atoms with Crippen LogP contribution in [0.25, 0.3) is 11.0 Å². The summed E-state index contributed by atoms with van der Waals surface area (Å²) < 4.78 is 6.19. The van der Waals surface area contributed by atoms with E-state index in [1.807, 2.05) is 12.1 Å². The summed E-state index contributed by atoms with van der Waals surface area (Å²) >= 11 is 3.48. The summed E-state index contributed by atoms with van der Waals surface area (Å²) in [5, 5.41) is 0. The van der Waals surface area contributed by atoms with E-state index in [0.29, 0.717) is 17.2 Å². The molecule has 0 bridgehead atoms. The van der Waals surface area contributed by atoms with Gasteiger partial charge in [-0.05, 0) is 62.2 Å². The fraction of sp³-hybridized carbons (Fsp3) is 0.333. The molecule has 1 fully saturated rings. The number of likely N-dealkylation sites (tertiary alicyclic amines) is 1. The number of fused-ring (bicyclic) bond motifs is 1. The number of nitrogens with zero attached hydrogens (tertiary/aromatic N) is 2. The molecule has 1 aliphatic heterocycles. The maximum atomic E-state index is 11.1. The molecule has 1 aliphatic rings. The van der Waals surface area contributed by atoms with E-state index in [9.17, 15) is 4.79 Å². The molecule has 0 unspecified atom stereocenters. The molecule has 0 aliphatic carbocycles. The number of H-pyrrole nitrogens is 1. The van der Waals surface area contributed by atoms with Crippen LogP contribution in [0.2, 0.25) is 0 Å². The number of nitrogens with one attached hydrogen (secondary N) is 1. The van der Waals surface area contributed by atoms with Crippen LogP contribution in [0.3, 0.4) is 0 Å². The number of hydrogen-bond donors (Lipinski definition) is 2. The highest BCUT2D eigenvalue weighted by Crippen LogP contribution is 2.30. The number of carbonyl (C=O) groups is 1. The Bertz CT molecular complexity index is 962. The number of aromatic nitrogens is 2. The third kappa shape index (κ3) is 4.36. The second-order valence-electron chi connectivity index (χ2n) is 7.19. The molecule has 1 saturated heterocycles. The van der Waals surface area contributed by atoms with Crippen molar-refractivity contribution in [1.82, 2.24) is 14.9 Å². The molecule has 7 heteroatoms. The van der Waals surface area contributed by atoms with E-state index in [4.69, 9.17) is 15.5 Å². The summed E-state index contributed by atoms with van der Waals surface area (Å²) in [7, 11) is 0. The Morgan fingerprint density at radius 3 is 2.68 bits per heavy atom. The Kier molecular flexibility index (Phi) is 5.64. The average molecular weight is 443 g/mol. The van der Waals surface area contributed by atoms with Crippen LogP contribution < -0.4 is 10.5 Å². The molecular formula is C21H23BrN4O2. The van der Waals surface area contributed by atoms with Gasteiger partial charge in [0.1, 0.15) is 11.3 Å². The number of benzene rings is 2. The smallest absolute Gasteiger partial charge is 0.408 e. The van der Waals surface area contributed by atoms with Crippen molar-refractivity contribution in [3.05, 3.63) is 58.3 Å². The van der Waals surface area contributed by atoms with Gasteiger partial charge < -0.3 is 20.4 Å². The van der Waals surface area contributed by atoms with Crippen LogP contribution in [-0.4, -0.2) is 40.6 Å². The van der Waals surface area contributed by atoms with Crippen molar-refractivity contribution in [3.63, 3.8) is 0 Å². The molecule has 1 aromatic heterocycles. The highest BCUT2D eigenvalue weighted by Gasteiger charge is 2.23. The van der Waals surface area contributed by atoms with E-state index in [1.165, 1.54) is 5.56 Å². The molecule has 2 aromatic carbocycles. The predicted molar refractivity (Wildman–Crippen MR) is 113 cm³/mol. The third-order valence-corrected chi connectivity index (χ3v) is 5.84. The first-order valence-electron chi connectivity index (χ1n) is 9.51. The van der Waals surface area contributed by atoms with Gasteiger partial charge >= 0.3 is 6.09 Å². The average Bonchev–Trinajstić information content (AvgIpc) is 3.13. The van der Waals surface area contributed by atoms with Crippen molar-refractivity contribution in [2.24, 2.45) is 5.73 Å². The molecular weight excluding hydrogens is 420 g/mol. The quantitative estimate of drug-likeness (QED) is 0.619. The highest BCUT2D eigenvalue weighted by molar-refractivity contribution is 9.10. The van der Waals surface area contributed by atoms with E-state index >= 15 is 0 Å². The maximum Gasteiger partial charge on any atom is 0.410 e. The van der Waals surface area contributed by atoms with Crippen molar-refractivity contribution in [1.29, 1.82) is 0 Å². The molecule has 2 heterocycles. The van der Waals surface area contributed by atoms with Crippen molar-refractivity contribution in [2.45, 2.75) is 25.2 Å². The molecule has 0 saturated carbocycles. The first-order valence-corrected chi connectivity index (χ1v) is 10.3. The lowest BCUT2D eigenvalue weighted by Crippen LogP contribution is -2.34. The van der Waals surface area contributed by atoms with Crippen LogP contribution in [0.15, 0.2) is 46.9 Å². The maximum absolute atomic E-state index is 11.1. The lowest BCUT2D eigenvalue weighted by molar-refractivity contribution is 0.211. The van der Waals surface area contributed by atoms with Gasteiger partial charge in [-0.2, -0.15) is 0 Å². The Balaban J connectivity index is 1.37. The summed E-state index contributed by atoms with van der Waals surface area (Å²) in [6, 6.07) is 14.0. The van der Waals surface area contributed by atoms with Gasteiger partial charge in [-0.25, -0.2) is 9.78 Å². The molecule has 146 valence electrons. The predicted octanol–water partition coefficient (Wildman–Crippen LogP) is 4.21. The normalized spacial score (nSPS) is 15.8. The minimum absolute atomic E-state index is 0.387. The van der Waals surface area contributed by atoms with Gasteiger partial charge in [0.25, 0.3) is 0 Å². The number of rotatable bonds is 5. The van der Waals surface area contributed by atoms with Gasteiger partial charge in [-0.15, -0.1) is 0 Å². The molecule has 0 atom stereocenters. The van der Waals surface area contributed by atoms with Gasteiger partial charge in [0, 0.05) is 16.9 Å². The SMILES string of the molecule is NC(=O)Oc1cccc2[nH]c(C3CCN(CCc4ccc(Br)cc4)CC3)nc12. The highest BCUT2D eigenvalue weighted by atomic mass is 79.9. The Hall–Kier alpha value is -2.38. The molecule has 3 N–H and O–H groups in total. The summed E-state index contributed by atoms with van der Waals surface area (Å²) in [6.45, 7) is 3.19. The number of imidazole rings is 1. The first-order chi connectivity index (χ1) is 13.6. The number of halogens is 1. The minimum atomic E-state index is -0.823. The lowest BCUT2D eigenvalue weighted by atomic mass is 9.96. The number of aromatic amines is 1. The van der Waals surface area contributed by atoms with Crippen molar-refractivity contribution in [2.75, 3.05) is 19.6 Å². The number of ether oxygens (including phenoxy) is 1. The summed E-state index contributed by atoms with van der Waals surface area (Å²) in [5.41, 5.74) is 8.04. The number of carbonyl (C=O) groups excluding carboxylic acids is 1. The first kappa shape index (κ1) is 19.0. The Morgan fingerprint density at radius 2 is 1.96 bits per heavy atom. The molecule has 6 nitrogen and oxygen atoms in total. The van der Waals surface area contributed by atoms with Crippen LogP contribution in [0.1, 0.15) is 30.1 Å². The van der Waals surface area contributed by atoms with Crippen molar-refractivity contribution < 1.29 is 9.53 Å². The van der Waals surface area contributed by atoms with Gasteiger partial charge in [0.2, 0.25) is 0 Å². The number of nitrogens with two attached hydrogens (primary N) is 1. The van der Waals surface area contributed by atoms with Crippen LogP contribution in [0.4, 0.5) is 4.79 Å². The number of amides is 1. The Labute approximate surface area is 172 Å². The van der Waals surface area contributed by atoms with E-state index in [-0.39, 0.29) is 0 Å². The fourth-order valence-corrected chi connectivity index (χ4v) is 4.04. The number of piperidine rings is 1. The van der Waals surface area contributed by atoms with Crippen LogP contribution in [0, 0.1) is 0 Å². The van der Waals surface area contributed by atoms with Crippen molar-refractivity contribution >= 4 is 33.1 Å². The van der Waals surface area contributed by atoms with E-state index in [2.05, 4.69) is 50.1 Å². The van der Waals surface area contributed by atoms with E-state index in [0.717, 1.165) is 54.7 Å². The lowest BCUT2D eigenvalue weighted by Gasteiger charge is -2.31. The number of primary amides is 1. The molecule has 0 spiro atoms. The molecule has 0 radical (unpaired) electrons. The van der Waals surface area contributed by atoms with Gasteiger partial charge in [-0.1, -0.05) is 34.1 Å². The fourth-order valence-electron chi connectivity index (χ4n) is 3.78. The molecule has 28 heavy (non-hydrogen) atoms. The van der Waals surface area contributed by atoms with Crippen LogP contribution >= 0.6 is 15.9 Å². The van der Waals surface area contributed by atoms with E-state index in [1.54, 1.807) is 6.07 Å². The summed E-state index contributed by atoms with van der Waals surface area (Å²) in [6.07, 6.45) is 2.37. The zero-order chi connectivity index (χ0) is 19.5. The molecule has 1 amide bonds. The van der Waals surface area contributed by atoms with Gasteiger partial charge in [-0.3, -0.25) is 0 Å². The van der Waals surface area contributed by atoms with Crippen LogP contribution in [0.5, 0.6) is 5.75 Å². The largest absolute Gasteiger partial charge is 0.410 e. The monoisotopic (exact) mass is 442 g/mol. The van der Waals surface area contributed by atoms with E-state index < -0.39 is 6.09 Å². The second-order valence-corrected chi connectivity index (χ2v) is 8.10. The zero-order valence-corrected chi connectivity index (χ0v) is 17.1. The standard InChI is InChI=1S/C21H23BrN4O2/c22-16-6-4-14(5-7-16)8-11-26-12-9-15(10-13-26)20-24-17-2-1-3-18(19(17)25-20)28-21(23)27/h1-7,15H,8-13H2,(H2,23,27)(H,24,25). The molecule has 4 rings (SSSR count). The topological polar surface area (TPSA) is 84.2 Å².